The van der Waals surface area contributed by atoms with Gasteiger partial charge in [-0.1, -0.05) is 6.92 Å². The van der Waals surface area contributed by atoms with E-state index in [0.717, 1.165) is 10.6 Å². The molecule has 1 heterocycles. The van der Waals surface area contributed by atoms with E-state index in [2.05, 4.69) is 10.3 Å². The lowest BCUT2D eigenvalue weighted by atomic mass is 10.3. The Morgan fingerprint density at radius 2 is 2.07 bits per heavy atom. The van der Waals surface area contributed by atoms with E-state index in [-0.39, 0.29) is 13.0 Å². The van der Waals surface area contributed by atoms with Crippen molar-refractivity contribution in [3.8, 4) is 0 Å². The van der Waals surface area contributed by atoms with Gasteiger partial charge in [0.1, 0.15) is 0 Å². The number of alkyl halides is 2. The molecule has 0 aliphatic carbocycles. The first kappa shape index (κ1) is 11.4. The average Bonchev–Trinajstić information content (AvgIpc) is 2.44. The van der Waals surface area contributed by atoms with Crippen molar-refractivity contribution in [3.05, 3.63) is 10.6 Å². The highest BCUT2D eigenvalue weighted by atomic mass is 32.1. The molecular formula is C9H14F2N2S. The number of hydrogen-bond donors (Lipinski definition) is 1. The molecule has 0 unspecified atom stereocenters. The maximum atomic E-state index is 12.9. The van der Waals surface area contributed by atoms with E-state index in [4.69, 9.17) is 0 Å². The summed E-state index contributed by atoms with van der Waals surface area (Å²) >= 11 is 1.41. The summed E-state index contributed by atoms with van der Waals surface area (Å²) in [6, 6.07) is 0. The summed E-state index contributed by atoms with van der Waals surface area (Å²) in [6.07, 6.45) is -0.149. The molecule has 1 aromatic rings. The number of aryl methyl sites for hydroxylation is 2. The average molecular weight is 220 g/mol. The van der Waals surface area contributed by atoms with Crippen LogP contribution in [0.15, 0.2) is 0 Å². The highest BCUT2D eigenvalue weighted by molar-refractivity contribution is 7.15. The lowest BCUT2D eigenvalue weighted by molar-refractivity contribution is 0.0116. The Hall–Kier alpha value is -0.710. The highest BCUT2D eigenvalue weighted by Gasteiger charge is 2.25. The zero-order valence-electron chi connectivity index (χ0n) is 8.53. The predicted octanol–water partition coefficient (Wildman–Crippen LogP) is 3.22. The third-order valence-corrected chi connectivity index (χ3v) is 3.07. The summed E-state index contributed by atoms with van der Waals surface area (Å²) in [4.78, 5) is 5.18. The molecule has 0 aliphatic heterocycles. The van der Waals surface area contributed by atoms with Gasteiger partial charge < -0.3 is 5.32 Å². The SMILES string of the molecule is CCC(F)(F)CNc1nc(C)c(C)s1. The minimum absolute atomic E-state index is 0.149. The first-order valence-electron chi connectivity index (χ1n) is 4.50. The van der Waals surface area contributed by atoms with Crippen LogP contribution >= 0.6 is 11.3 Å². The summed E-state index contributed by atoms with van der Waals surface area (Å²) in [5.41, 5.74) is 0.900. The van der Waals surface area contributed by atoms with E-state index in [0.29, 0.717) is 5.13 Å². The molecule has 0 saturated heterocycles. The monoisotopic (exact) mass is 220 g/mol. The number of nitrogens with zero attached hydrogens (tertiary/aromatic N) is 1. The first-order valence-corrected chi connectivity index (χ1v) is 5.32. The van der Waals surface area contributed by atoms with E-state index in [1.54, 1.807) is 0 Å². The van der Waals surface area contributed by atoms with Crippen molar-refractivity contribution >= 4 is 16.5 Å². The van der Waals surface area contributed by atoms with Gasteiger partial charge in [0.25, 0.3) is 5.92 Å². The number of anilines is 1. The Kier molecular flexibility index (Phi) is 3.42. The van der Waals surface area contributed by atoms with Crippen LogP contribution in [0.4, 0.5) is 13.9 Å². The molecule has 0 radical (unpaired) electrons. The van der Waals surface area contributed by atoms with Crippen molar-refractivity contribution < 1.29 is 8.78 Å². The minimum Gasteiger partial charge on any atom is -0.355 e. The molecule has 0 saturated carbocycles. The van der Waals surface area contributed by atoms with Crippen LogP contribution in [0.25, 0.3) is 0 Å². The lowest BCUT2D eigenvalue weighted by Gasteiger charge is -2.13. The fourth-order valence-corrected chi connectivity index (χ4v) is 1.69. The number of hydrogen-bond acceptors (Lipinski definition) is 3. The van der Waals surface area contributed by atoms with Gasteiger partial charge in [-0.2, -0.15) is 0 Å². The molecule has 0 amide bonds. The van der Waals surface area contributed by atoms with Crippen LogP contribution in [0.1, 0.15) is 23.9 Å². The first-order chi connectivity index (χ1) is 6.44. The van der Waals surface area contributed by atoms with Crippen LogP contribution in [-0.2, 0) is 0 Å². The molecule has 0 spiro atoms. The molecule has 0 aromatic carbocycles. The summed E-state index contributed by atoms with van der Waals surface area (Å²) < 4.78 is 25.7. The van der Waals surface area contributed by atoms with Crippen LogP contribution in [0, 0.1) is 13.8 Å². The van der Waals surface area contributed by atoms with Crippen molar-refractivity contribution in [2.45, 2.75) is 33.1 Å². The lowest BCUT2D eigenvalue weighted by Crippen LogP contribution is -2.25. The van der Waals surface area contributed by atoms with Crippen LogP contribution in [0.2, 0.25) is 0 Å². The van der Waals surface area contributed by atoms with E-state index in [1.807, 2.05) is 13.8 Å². The molecule has 1 aromatic heterocycles. The minimum atomic E-state index is -2.65. The van der Waals surface area contributed by atoms with Crippen molar-refractivity contribution in [2.24, 2.45) is 0 Å². The van der Waals surface area contributed by atoms with Crippen molar-refractivity contribution in [2.75, 3.05) is 11.9 Å². The summed E-state index contributed by atoms with van der Waals surface area (Å²) in [5.74, 6) is -2.65. The summed E-state index contributed by atoms with van der Waals surface area (Å²) in [7, 11) is 0. The third kappa shape index (κ3) is 2.90. The van der Waals surface area contributed by atoms with Gasteiger partial charge in [-0.15, -0.1) is 11.3 Å². The van der Waals surface area contributed by atoms with Crippen molar-refractivity contribution in [1.82, 2.24) is 4.98 Å². The number of halogens is 2. The van der Waals surface area contributed by atoms with Crippen molar-refractivity contribution in [1.29, 1.82) is 0 Å². The molecule has 0 fully saturated rings. The van der Waals surface area contributed by atoms with E-state index >= 15 is 0 Å². The van der Waals surface area contributed by atoms with Gasteiger partial charge in [-0.25, -0.2) is 13.8 Å². The Balaban J connectivity index is 2.54. The topological polar surface area (TPSA) is 24.9 Å². The molecule has 14 heavy (non-hydrogen) atoms. The third-order valence-electron chi connectivity index (χ3n) is 2.04. The highest BCUT2D eigenvalue weighted by Crippen LogP contribution is 2.23. The molecule has 0 atom stereocenters. The quantitative estimate of drug-likeness (QED) is 0.842. The predicted molar refractivity (Wildman–Crippen MR) is 55.3 cm³/mol. The van der Waals surface area contributed by atoms with Crippen molar-refractivity contribution in [3.63, 3.8) is 0 Å². The largest absolute Gasteiger partial charge is 0.355 e. The van der Waals surface area contributed by atoms with Gasteiger partial charge in [0.15, 0.2) is 5.13 Å². The Morgan fingerprint density at radius 1 is 1.43 bits per heavy atom. The number of rotatable bonds is 4. The second kappa shape index (κ2) is 4.21. The van der Waals surface area contributed by atoms with Gasteiger partial charge in [0, 0.05) is 11.3 Å². The maximum absolute atomic E-state index is 12.9. The van der Waals surface area contributed by atoms with Crippen LogP contribution < -0.4 is 5.32 Å². The number of nitrogens with one attached hydrogen (secondary N) is 1. The molecule has 0 bridgehead atoms. The maximum Gasteiger partial charge on any atom is 0.264 e. The smallest absolute Gasteiger partial charge is 0.264 e. The van der Waals surface area contributed by atoms with Crippen LogP contribution in [-0.4, -0.2) is 17.5 Å². The second-order valence-corrected chi connectivity index (χ2v) is 4.43. The summed E-state index contributed by atoms with van der Waals surface area (Å²) in [5, 5.41) is 3.23. The molecule has 80 valence electrons. The molecule has 1 rings (SSSR count). The fourth-order valence-electron chi connectivity index (χ4n) is 0.878. The van der Waals surface area contributed by atoms with Crippen LogP contribution in [0.3, 0.4) is 0 Å². The van der Waals surface area contributed by atoms with Gasteiger partial charge in [0.2, 0.25) is 0 Å². The zero-order valence-corrected chi connectivity index (χ0v) is 9.34. The number of thiazole rings is 1. The van der Waals surface area contributed by atoms with Gasteiger partial charge in [0.05, 0.1) is 12.2 Å². The van der Waals surface area contributed by atoms with Gasteiger partial charge >= 0.3 is 0 Å². The number of aromatic nitrogens is 1. The van der Waals surface area contributed by atoms with E-state index in [9.17, 15) is 8.78 Å². The standard InChI is InChI=1S/C9H14F2N2S/c1-4-9(10,11)5-12-8-13-6(2)7(3)14-8/h4-5H2,1-3H3,(H,12,13). The Morgan fingerprint density at radius 3 is 2.50 bits per heavy atom. The molecule has 1 N–H and O–H groups in total. The second-order valence-electron chi connectivity index (χ2n) is 3.22. The molecular weight excluding hydrogens is 206 g/mol. The zero-order chi connectivity index (χ0) is 10.8. The normalized spacial score (nSPS) is 11.8. The summed E-state index contributed by atoms with van der Waals surface area (Å²) in [6.45, 7) is 4.93. The fraction of sp³-hybridized carbons (Fsp3) is 0.667. The molecule has 0 aliphatic rings. The van der Waals surface area contributed by atoms with Crippen LogP contribution in [0.5, 0.6) is 0 Å². The molecule has 5 heteroatoms. The van der Waals surface area contributed by atoms with Gasteiger partial charge in [-0.05, 0) is 13.8 Å². The van der Waals surface area contributed by atoms with E-state index in [1.165, 1.54) is 18.3 Å². The molecule has 2 nitrogen and oxygen atoms in total. The van der Waals surface area contributed by atoms with Gasteiger partial charge in [-0.3, -0.25) is 0 Å². The van der Waals surface area contributed by atoms with E-state index < -0.39 is 5.92 Å². The Labute approximate surface area is 86.4 Å². The Bertz CT molecular complexity index is 290.